The molecule has 0 spiro atoms. The number of alkyl halides is 2. The minimum atomic E-state index is -1.46. The van der Waals surface area contributed by atoms with Crippen LogP contribution in [0.2, 0.25) is 0 Å². The van der Waals surface area contributed by atoms with Gasteiger partial charge in [-0.25, -0.2) is 4.31 Å². The Morgan fingerprint density at radius 2 is 1.55 bits per heavy atom. The lowest BCUT2D eigenvalue weighted by Crippen LogP contribution is -2.49. The van der Waals surface area contributed by atoms with Gasteiger partial charge in [-0.2, -0.15) is 0 Å². The number of hydrogen-bond acceptors (Lipinski definition) is 3. The highest BCUT2D eigenvalue weighted by Crippen LogP contribution is 2.44. The Morgan fingerprint density at radius 1 is 1.15 bits per heavy atom. The van der Waals surface area contributed by atoms with Crippen molar-refractivity contribution >= 4 is 41.1 Å². The van der Waals surface area contributed by atoms with Gasteiger partial charge in [-0.1, -0.05) is 23.2 Å². The molecular weight excluding hydrogens is 315 g/mol. The second-order valence-electron chi connectivity index (χ2n) is 6.14. The van der Waals surface area contributed by atoms with Crippen molar-refractivity contribution in [3.63, 3.8) is 0 Å². The van der Waals surface area contributed by atoms with Gasteiger partial charge in [0, 0.05) is 24.2 Å². The zero-order chi connectivity index (χ0) is 15.7. The van der Waals surface area contributed by atoms with E-state index in [-0.39, 0.29) is 18.0 Å². The van der Waals surface area contributed by atoms with Gasteiger partial charge in [-0.3, -0.25) is 4.79 Å². The first-order chi connectivity index (χ1) is 9.08. The molecule has 0 radical (unpaired) electrons. The number of halogens is 2. The Balaban J connectivity index is 2.83. The van der Waals surface area contributed by atoms with Crippen molar-refractivity contribution in [3.8, 4) is 0 Å². The highest BCUT2D eigenvalue weighted by Gasteiger charge is 2.44. The van der Waals surface area contributed by atoms with Crippen molar-refractivity contribution in [3.05, 3.63) is 0 Å². The van der Waals surface area contributed by atoms with Crippen LogP contribution in [-0.2, 0) is 4.79 Å². The second kappa shape index (κ2) is 7.08. The summed E-state index contributed by atoms with van der Waals surface area (Å²) < 4.78 is 0.706. The fraction of sp³-hybridized carbons (Fsp3) is 0.929. The zero-order valence-electron chi connectivity index (χ0n) is 13.2. The smallest absolute Gasteiger partial charge is 0.271 e. The van der Waals surface area contributed by atoms with Gasteiger partial charge in [0.1, 0.15) is 0 Å². The molecule has 2 atom stereocenters. The van der Waals surface area contributed by atoms with Gasteiger partial charge >= 0.3 is 0 Å². The van der Waals surface area contributed by atoms with Crippen molar-refractivity contribution in [2.75, 3.05) is 0 Å². The van der Waals surface area contributed by atoms with Crippen molar-refractivity contribution in [1.29, 1.82) is 0 Å². The van der Waals surface area contributed by atoms with Crippen molar-refractivity contribution in [1.82, 2.24) is 9.21 Å². The number of nitrogens with zero attached hydrogens (tertiary/aromatic N) is 2. The lowest BCUT2D eigenvalue weighted by Gasteiger charge is -2.37. The molecular formula is C14H26Cl2N2OS. The zero-order valence-corrected chi connectivity index (χ0v) is 15.5. The van der Waals surface area contributed by atoms with Crippen molar-refractivity contribution in [2.24, 2.45) is 0 Å². The van der Waals surface area contributed by atoms with E-state index in [1.54, 1.807) is 4.90 Å². The first kappa shape index (κ1) is 18.4. The summed E-state index contributed by atoms with van der Waals surface area (Å²) in [7, 11) is 0. The van der Waals surface area contributed by atoms with Gasteiger partial charge in [0.25, 0.3) is 9.57 Å². The summed E-state index contributed by atoms with van der Waals surface area (Å²) in [6.45, 7) is 12.2. The second-order valence-corrected chi connectivity index (χ2v) is 9.14. The SMILES string of the molecule is CC1CCC(C)N1SC(Cl)(Cl)C(=O)N(C(C)C)C(C)C. The molecule has 0 aliphatic carbocycles. The largest absolute Gasteiger partial charge is 0.334 e. The van der Waals surface area contributed by atoms with E-state index in [1.807, 2.05) is 27.7 Å². The van der Waals surface area contributed by atoms with Crippen LogP contribution >= 0.6 is 35.1 Å². The molecule has 1 fully saturated rings. The molecule has 0 aromatic rings. The predicted molar refractivity (Wildman–Crippen MR) is 89.1 cm³/mol. The minimum Gasteiger partial charge on any atom is -0.334 e. The molecule has 0 aromatic heterocycles. The number of amides is 1. The van der Waals surface area contributed by atoms with E-state index in [9.17, 15) is 4.79 Å². The Bertz CT molecular complexity index is 332. The average Bonchev–Trinajstić information content (AvgIpc) is 2.59. The van der Waals surface area contributed by atoms with E-state index in [0.29, 0.717) is 12.1 Å². The third kappa shape index (κ3) is 4.19. The third-order valence-corrected chi connectivity index (χ3v) is 5.76. The van der Waals surface area contributed by atoms with Gasteiger partial charge < -0.3 is 4.90 Å². The molecule has 1 rings (SSSR count). The minimum absolute atomic E-state index is 0.0772. The third-order valence-electron chi connectivity index (χ3n) is 3.69. The lowest BCUT2D eigenvalue weighted by atomic mass is 10.2. The standard InChI is InChI=1S/C14H26Cl2N2OS/c1-9(2)17(10(3)4)13(19)14(15,16)20-18-11(5)7-8-12(18)6/h9-12H,7-8H2,1-6H3. The Hall–Kier alpha value is 0.360. The first-order valence-electron chi connectivity index (χ1n) is 7.26. The fourth-order valence-electron chi connectivity index (χ4n) is 2.74. The molecule has 1 amide bonds. The van der Waals surface area contributed by atoms with Crippen LogP contribution in [0.25, 0.3) is 0 Å². The van der Waals surface area contributed by atoms with Gasteiger partial charge in [-0.05, 0) is 66.3 Å². The molecule has 2 unspecified atom stereocenters. The number of carbonyl (C=O) groups is 1. The van der Waals surface area contributed by atoms with Crippen LogP contribution in [0.3, 0.4) is 0 Å². The molecule has 0 aromatic carbocycles. The molecule has 3 nitrogen and oxygen atoms in total. The first-order valence-corrected chi connectivity index (χ1v) is 8.79. The number of hydrogen-bond donors (Lipinski definition) is 0. The summed E-state index contributed by atoms with van der Waals surface area (Å²) in [4.78, 5) is 14.4. The van der Waals surface area contributed by atoms with E-state index in [4.69, 9.17) is 23.2 Å². The van der Waals surface area contributed by atoms with E-state index >= 15 is 0 Å². The van der Waals surface area contributed by atoms with Crippen LogP contribution in [0.5, 0.6) is 0 Å². The molecule has 0 saturated carbocycles. The van der Waals surface area contributed by atoms with Crippen LogP contribution in [0.4, 0.5) is 0 Å². The summed E-state index contributed by atoms with van der Waals surface area (Å²) in [5, 5.41) is 0. The molecule has 0 bridgehead atoms. The summed E-state index contributed by atoms with van der Waals surface area (Å²) in [5.74, 6) is -0.220. The van der Waals surface area contributed by atoms with Crippen LogP contribution in [-0.4, -0.2) is 42.9 Å². The summed E-state index contributed by atoms with van der Waals surface area (Å²) in [6.07, 6.45) is 2.23. The van der Waals surface area contributed by atoms with E-state index < -0.39 is 3.67 Å². The highest BCUT2D eigenvalue weighted by molar-refractivity contribution is 8.02. The summed E-state index contributed by atoms with van der Waals surface area (Å²) in [5.41, 5.74) is 0. The fourth-order valence-corrected chi connectivity index (χ4v) is 4.43. The monoisotopic (exact) mass is 340 g/mol. The van der Waals surface area contributed by atoms with E-state index in [2.05, 4.69) is 18.2 Å². The highest BCUT2D eigenvalue weighted by atomic mass is 35.5. The van der Waals surface area contributed by atoms with E-state index in [1.165, 1.54) is 11.9 Å². The molecule has 1 aliphatic heterocycles. The lowest BCUT2D eigenvalue weighted by molar-refractivity contribution is -0.133. The normalized spacial score (nSPS) is 24.7. The van der Waals surface area contributed by atoms with Gasteiger partial charge in [0.2, 0.25) is 0 Å². The van der Waals surface area contributed by atoms with Crippen molar-refractivity contribution < 1.29 is 4.79 Å². The Labute approximate surface area is 137 Å². The quantitative estimate of drug-likeness (QED) is 0.551. The molecule has 118 valence electrons. The predicted octanol–water partition coefficient (Wildman–Crippen LogP) is 4.28. The van der Waals surface area contributed by atoms with Crippen LogP contribution in [0.1, 0.15) is 54.4 Å². The molecule has 1 heterocycles. The maximum absolute atomic E-state index is 12.7. The van der Waals surface area contributed by atoms with Crippen molar-refractivity contribution in [2.45, 2.75) is 82.2 Å². The average molecular weight is 341 g/mol. The van der Waals surface area contributed by atoms with Crippen LogP contribution < -0.4 is 0 Å². The van der Waals surface area contributed by atoms with Gasteiger partial charge in [-0.15, -0.1) is 0 Å². The summed E-state index contributed by atoms with van der Waals surface area (Å²) >= 11 is 14.0. The van der Waals surface area contributed by atoms with Crippen LogP contribution in [0, 0.1) is 0 Å². The maximum atomic E-state index is 12.7. The molecule has 6 heteroatoms. The Kier molecular flexibility index (Phi) is 6.52. The Morgan fingerprint density at radius 3 is 1.90 bits per heavy atom. The summed E-state index contributed by atoms with van der Waals surface area (Å²) in [6, 6.07) is 0.944. The van der Waals surface area contributed by atoms with Crippen LogP contribution in [0.15, 0.2) is 0 Å². The number of carbonyl (C=O) groups excluding carboxylic acids is 1. The van der Waals surface area contributed by atoms with Gasteiger partial charge in [0.05, 0.1) is 0 Å². The topological polar surface area (TPSA) is 23.6 Å². The molecule has 20 heavy (non-hydrogen) atoms. The van der Waals surface area contributed by atoms with Gasteiger partial charge in [0.15, 0.2) is 0 Å². The molecule has 0 N–H and O–H groups in total. The molecule has 1 saturated heterocycles. The molecule has 1 aliphatic rings. The van der Waals surface area contributed by atoms with E-state index in [0.717, 1.165) is 12.8 Å². The number of rotatable bonds is 5. The maximum Gasteiger partial charge on any atom is 0.271 e.